The van der Waals surface area contributed by atoms with Crippen molar-refractivity contribution in [2.45, 2.75) is 30.9 Å². The molecular formula is C11H18N4OS2. The van der Waals surface area contributed by atoms with Crippen molar-refractivity contribution in [2.24, 2.45) is 11.8 Å². The maximum Gasteiger partial charge on any atom is 0.0783 e. The SMILES string of the molecule is NNC(c1cnns1)C1CCOC2(CCSC2)C1. The van der Waals surface area contributed by atoms with Crippen LogP contribution in [0.15, 0.2) is 6.20 Å². The van der Waals surface area contributed by atoms with E-state index in [4.69, 9.17) is 10.6 Å². The zero-order chi connectivity index (χ0) is 12.4. The third-order valence-corrected chi connectivity index (χ3v) is 5.90. The van der Waals surface area contributed by atoms with Gasteiger partial charge in [-0.3, -0.25) is 11.3 Å². The summed E-state index contributed by atoms with van der Waals surface area (Å²) >= 11 is 3.43. The molecule has 1 spiro atoms. The smallest absolute Gasteiger partial charge is 0.0783 e. The third kappa shape index (κ3) is 2.42. The first-order valence-electron chi connectivity index (χ1n) is 6.28. The minimum absolute atomic E-state index is 0.0980. The van der Waals surface area contributed by atoms with E-state index in [1.165, 1.54) is 23.7 Å². The van der Waals surface area contributed by atoms with Crippen LogP contribution in [0.5, 0.6) is 0 Å². The molecule has 2 saturated heterocycles. The van der Waals surface area contributed by atoms with Crippen LogP contribution in [0.4, 0.5) is 0 Å². The molecule has 7 heteroatoms. The second-order valence-electron chi connectivity index (χ2n) is 5.05. The molecule has 18 heavy (non-hydrogen) atoms. The van der Waals surface area contributed by atoms with E-state index >= 15 is 0 Å². The van der Waals surface area contributed by atoms with E-state index in [0.29, 0.717) is 5.92 Å². The minimum Gasteiger partial charge on any atom is -0.374 e. The molecule has 1 aromatic rings. The van der Waals surface area contributed by atoms with Crippen molar-refractivity contribution in [3.05, 3.63) is 11.1 Å². The number of hydrogen-bond donors (Lipinski definition) is 2. The van der Waals surface area contributed by atoms with Crippen LogP contribution in [-0.4, -0.2) is 33.3 Å². The average molecular weight is 286 g/mol. The van der Waals surface area contributed by atoms with Gasteiger partial charge in [-0.2, -0.15) is 11.8 Å². The fourth-order valence-electron chi connectivity index (χ4n) is 2.98. The molecule has 2 fully saturated rings. The number of thioether (sulfide) groups is 1. The molecule has 100 valence electrons. The molecule has 1 aromatic heterocycles. The predicted octanol–water partition coefficient (Wildman–Crippen LogP) is 1.34. The van der Waals surface area contributed by atoms with Crippen molar-refractivity contribution in [2.75, 3.05) is 18.1 Å². The summed E-state index contributed by atoms with van der Waals surface area (Å²) in [5.41, 5.74) is 3.05. The lowest BCUT2D eigenvalue weighted by molar-refractivity contribution is -0.0852. The highest BCUT2D eigenvalue weighted by Crippen LogP contribution is 2.44. The van der Waals surface area contributed by atoms with Gasteiger partial charge < -0.3 is 4.74 Å². The summed E-state index contributed by atoms with van der Waals surface area (Å²) in [5.74, 6) is 8.60. The van der Waals surface area contributed by atoms with Gasteiger partial charge in [0, 0.05) is 12.4 Å². The Morgan fingerprint density at radius 3 is 3.22 bits per heavy atom. The Labute approximate surface area is 115 Å². The third-order valence-electron chi connectivity index (χ3n) is 3.93. The van der Waals surface area contributed by atoms with Crippen LogP contribution in [0.1, 0.15) is 30.2 Å². The second kappa shape index (κ2) is 5.42. The van der Waals surface area contributed by atoms with E-state index < -0.39 is 0 Å². The van der Waals surface area contributed by atoms with Crippen LogP contribution >= 0.6 is 23.3 Å². The highest BCUT2D eigenvalue weighted by atomic mass is 32.2. The van der Waals surface area contributed by atoms with Crippen LogP contribution < -0.4 is 11.3 Å². The summed E-state index contributed by atoms with van der Waals surface area (Å²) in [6.45, 7) is 0.843. The van der Waals surface area contributed by atoms with E-state index in [9.17, 15) is 0 Å². The number of ether oxygens (including phenoxy) is 1. The van der Waals surface area contributed by atoms with Gasteiger partial charge in [-0.25, -0.2) is 0 Å². The highest BCUT2D eigenvalue weighted by Gasteiger charge is 2.42. The lowest BCUT2D eigenvalue weighted by Crippen LogP contribution is -2.44. The molecule has 3 N–H and O–H groups in total. The number of hydrogen-bond acceptors (Lipinski definition) is 7. The summed E-state index contributed by atoms with van der Waals surface area (Å²) in [5, 5.41) is 3.91. The van der Waals surface area contributed by atoms with Crippen molar-refractivity contribution in [3.63, 3.8) is 0 Å². The van der Waals surface area contributed by atoms with Crippen LogP contribution in [0, 0.1) is 5.92 Å². The Morgan fingerprint density at radius 1 is 1.61 bits per heavy atom. The van der Waals surface area contributed by atoms with Gasteiger partial charge in [0.1, 0.15) is 0 Å². The Morgan fingerprint density at radius 2 is 2.56 bits per heavy atom. The van der Waals surface area contributed by atoms with Crippen molar-refractivity contribution in [1.29, 1.82) is 0 Å². The molecule has 0 amide bonds. The lowest BCUT2D eigenvalue weighted by atomic mass is 9.81. The Hall–Kier alpha value is -0.210. The van der Waals surface area contributed by atoms with Gasteiger partial charge in [0.2, 0.25) is 0 Å². The monoisotopic (exact) mass is 286 g/mol. The Balaban J connectivity index is 1.74. The van der Waals surface area contributed by atoms with E-state index in [1.54, 1.807) is 0 Å². The molecule has 0 aliphatic carbocycles. The topological polar surface area (TPSA) is 73.1 Å². The van der Waals surface area contributed by atoms with Crippen molar-refractivity contribution < 1.29 is 4.74 Å². The zero-order valence-corrected chi connectivity index (χ0v) is 11.8. The Kier molecular flexibility index (Phi) is 3.86. The molecule has 0 bridgehead atoms. The van der Waals surface area contributed by atoms with Crippen LogP contribution in [0.3, 0.4) is 0 Å². The maximum atomic E-state index is 6.05. The van der Waals surface area contributed by atoms with Crippen molar-refractivity contribution in [3.8, 4) is 0 Å². The summed E-state index contributed by atoms with van der Waals surface area (Å²) in [4.78, 5) is 1.13. The predicted molar refractivity (Wildman–Crippen MR) is 73.3 cm³/mol. The van der Waals surface area contributed by atoms with E-state index in [1.807, 2.05) is 18.0 Å². The zero-order valence-electron chi connectivity index (χ0n) is 10.2. The fourth-order valence-corrected chi connectivity index (χ4v) is 5.01. The van der Waals surface area contributed by atoms with Gasteiger partial charge in [0.25, 0.3) is 0 Å². The van der Waals surface area contributed by atoms with E-state index in [0.717, 1.165) is 30.1 Å². The normalized spacial score (nSPS) is 33.9. The van der Waals surface area contributed by atoms with Gasteiger partial charge in [0.15, 0.2) is 0 Å². The lowest BCUT2D eigenvalue weighted by Gasteiger charge is -2.40. The van der Waals surface area contributed by atoms with Gasteiger partial charge in [-0.05, 0) is 42.5 Å². The average Bonchev–Trinajstić information content (AvgIpc) is 3.03. The Bertz CT molecular complexity index is 380. The standard InChI is InChI=1S/C11H18N4OS2/c12-14-10(9-6-13-15-18-9)8-1-3-16-11(5-8)2-4-17-7-11/h6,8,10,14H,1-5,7,12H2. The number of nitrogens with two attached hydrogens (primary N) is 1. The van der Waals surface area contributed by atoms with Crippen LogP contribution in [0.25, 0.3) is 0 Å². The first kappa shape index (κ1) is 12.8. The quantitative estimate of drug-likeness (QED) is 0.645. The molecule has 3 atom stereocenters. The molecule has 5 nitrogen and oxygen atoms in total. The molecule has 2 aliphatic rings. The second-order valence-corrected chi connectivity index (χ2v) is 6.97. The number of nitrogens with zero attached hydrogens (tertiary/aromatic N) is 2. The number of nitrogens with one attached hydrogen (secondary N) is 1. The molecule has 2 aliphatic heterocycles. The van der Waals surface area contributed by atoms with Crippen LogP contribution in [-0.2, 0) is 4.74 Å². The molecule has 3 heterocycles. The maximum absolute atomic E-state index is 6.05. The molecule has 3 unspecified atom stereocenters. The van der Waals surface area contributed by atoms with E-state index in [-0.39, 0.29) is 11.6 Å². The number of hydrazine groups is 1. The summed E-state index contributed by atoms with van der Waals surface area (Å²) < 4.78 is 9.99. The molecule has 3 rings (SSSR count). The van der Waals surface area contributed by atoms with Crippen molar-refractivity contribution in [1.82, 2.24) is 15.0 Å². The first-order valence-corrected chi connectivity index (χ1v) is 8.21. The molecular weight excluding hydrogens is 268 g/mol. The first-order chi connectivity index (χ1) is 8.83. The number of rotatable bonds is 3. The molecule has 0 radical (unpaired) electrons. The molecule has 0 saturated carbocycles. The highest BCUT2D eigenvalue weighted by molar-refractivity contribution is 7.99. The summed E-state index contributed by atoms with van der Waals surface area (Å²) in [6.07, 6.45) is 5.14. The van der Waals surface area contributed by atoms with Crippen LogP contribution in [0.2, 0.25) is 0 Å². The van der Waals surface area contributed by atoms with E-state index in [2.05, 4.69) is 15.0 Å². The summed E-state index contributed by atoms with van der Waals surface area (Å²) in [7, 11) is 0. The van der Waals surface area contributed by atoms with Crippen molar-refractivity contribution >= 4 is 23.3 Å². The van der Waals surface area contributed by atoms with Gasteiger partial charge in [-0.1, -0.05) is 4.49 Å². The minimum atomic E-state index is 0.0980. The molecule has 0 aromatic carbocycles. The van der Waals surface area contributed by atoms with Gasteiger partial charge >= 0.3 is 0 Å². The largest absolute Gasteiger partial charge is 0.374 e. The van der Waals surface area contributed by atoms with Gasteiger partial charge in [0.05, 0.1) is 22.7 Å². The summed E-state index contributed by atoms with van der Waals surface area (Å²) in [6, 6.07) is 0.163. The number of aromatic nitrogens is 2. The fraction of sp³-hybridized carbons (Fsp3) is 0.818. The van der Waals surface area contributed by atoms with Gasteiger partial charge in [-0.15, -0.1) is 5.10 Å².